The largest absolute Gasteiger partial charge is 0.493 e. The second-order valence-corrected chi connectivity index (χ2v) is 5.78. The molecule has 0 aromatic heterocycles. The third-order valence-corrected chi connectivity index (χ3v) is 3.96. The summed E-state index contributed by atoms with van der Waals surface area (Å²) in [5.74, 6) is 0.705. The minimum absolute atomic E-state index is 0.104. The predicted molar refractivity (Wildman–Crippen MR) is 110 cm³/mol. The van der Waals surface area contributed by atoms with E-state index in [4.69, 9.17) is 24.7 Å². The standard InChI is InChI=1S/C21H24N2O6/c1-5-29-16-8-6-13(10-17(16)26-2)7-9-20(24)23-15-12-19(28-4)18(27-3)11-14(15)21(22)25/h6-12H,5H2,1-4H3,(H2,22,25)(H,23,24). The minimum Gasteiger partial charge on any atom is -0.493 e. The molecule has 0 saturated carbocycles. The molecular formula is C21H24N2O6. The van der Waals surface area contributed by atoms with Gasteiger partial charge in [0.05, 0.1) is 39.2 Å². The Morgan fingerprint density at radius 3 is 2.17 bits per heavy atom. The molecule has 0 atom stereocenters. The van der Waals surface area contributed by atoms with E-state index in [1.807, 2.05) is 6.92 Å². The van der Waals surface area contributed by atoms with Crippen LogP contribution in [0, 0.1) is 0 Å². The number of rotatable bonds is 9. The lowest BCUT2D eigenvalue weighted by Gasteiger charge is -2.13. The molecule has 0 saturated heterocycles. The van der Waals surface area contributed by atoms with Gasteiger partial charge in [0.2, 0.25) is 5.91 Å². The van der Waals surface area contributed by atoms with Crippen LogP contribution >= 0.6 is 0 Å². The normalized spacial score (nSPS) is 10.5. The van der Waals surface area contributed by atoms with Crippen molar-refractivity contribution in [2.75, 3.05) is 33.3 Å². The number of nitrogens with one attached hydrogen (secondary N) is 1. The van der Waals surface area contributed by atoms with Gasteiger partial charge >= 0.3 is 0 Å². The van der Waals surface area contributed by atoms with Crippen LogP contribution in [0.5, 0.6) is 23.0 Å². The molecule has 8 heteroatoms. The number of ether oxygens (including phenoxy) is 4. The fraction of sp³-hybridized carbons (Fsp3) is 0.238. The highest BCUT2D eigenvalue weighted by molar-refractivity contribution is 6.07. The number of carbonyl (C=O) groups is 2. The topological polar surface area (TPSA) is 109 Å². The number of benzene rings is 2. The lowest BCUT2D eigenvalue weighted by molar-refractivity contribution is -0.111. The SMILES string of the molecule is CCOc1ccc(C=CC(=O)Nc2cc(OC)c(OC)cc2C(N)=O)cc1OC. The van der Waals surface area contributed by atoms with Gasteiger partial charge in [-0.25, -0.2) is 0 Å². The van der Waals surface area contributed by atoms with Gasteiger partial charge in [-0.15, -0.1) is 0 Å². The van der Waals surface area contributed by atoms with Crippen molar-refractivity contribution >= 4 is 23.6 Å². The Morgan fingerprint density at radius 2 is 1.59 bits per heavy atom. The highest BCUT2D eigenvalue weighted by Gasteiger charge is 2.16. The van der Waals surface area contributed by atoms with E-state index in [0.717, 1.165) is 5.56 Å². The molecule has 0 fully saturated rings. The van der Waals surface area contributed by atoms with Gasteiger partial charge in [0.15, 0.2) is 23.0 Å². The molecule has 0 spiro atoms. The molecule has 0 aliphatic carbocycles. The summed E-state index contributed by atoms with van der Waals surface area (Å²) >= 11 is 0. The third-order valence-electron chi connectivity index (χ3n) is 3.96. The maximum atomic E-state index is 12.4. The van der Waals surface area contributed by atoms with Crippen molar-refractivity contribution in [2.24, 2.45) is 5.73 Å². The van der Waals surface area contributed by atoms with Crippen LogP contribution in [0.2, 0.25) is 0 Å². The van der Waals surface area contributed by atoms with Crippen LogP contribution in [-0.4, -0.2) is 39.8 Å². The van der Waals surface area contributed by atoms with E-state index in [-0.39, 0.29) is 11.3 Å². The van der Waals surface area contributed by atoms with Crippen molar-refractivity contribution in [3.63, 3.8) is 0 Å². The van der Waals surface area contributed by atoms with Crippen molar-refractivity contribution in [3.8, 4) is 23.0 Å². The van der Waals surface area contributed by atoms with Crippen molar-refractivity contribution in [1.29, 1.82) is 0 Å². The zero-order valence-corrected chi connectivity index (χ0v) is 16.8. The van der Waals surface area contributed by atoms with E-state index in [0.29, 0.717) is 29.6 Å². The lowest BCUT2D eigenvalue weighted by atomic mass is 10.1. The zero-order chi connectivity index (χ0) is 21.4. The molecule has 2 aromatic rings. The molecule has 0 radical (unpaired) electrons. The van der Waals surface area contributed by atoms with E-state index in [9.17, 15) is 9.59 Å². The van der Waals surface area contributed by atoms with Crippen LogP contribution in [0.1, 0.15) is 22.8 Å². The first-order valence-corrected chi connectivity index (χ1v) is 8.79. The number of carbonyl (C=O) groups excluding carboxylic acids is 2. The van der Waals surface area contributed by atoms with Crippen LogP contribution in [-0.2, 0) is 4.79 Å². The lowest BCUT2D eigenvalue weighted by Crippen LogP contribution is -2.17. The zero-order valence-electron chi connectivity index (χ0n) is 16.8. The van der Waals surface area contributed by atoms with Gasteiger partial charge in [0, 0.05) is 12.1 Å². The Labute approximate surface area is 169 Å². The fourth-order valence-electron chi connectivity index (χ4n) is 2.60. The Kier molecular flexibility index (Phi) is 7.47. The van der Waals surface area contributed by atoms with Gasteiger partial charge in [-0.3, -0.25) is 9.59 Å². The second kappa shape index (κ2) is 10.0. The molecule has 0 bridgehead atoms. The summed E-state index contributed by atoms with van der Waals surface area (Å²) in [7, 11) is 4.43. The number of amides is 2. The Hall–Kier alpha value is -3.68. The van der Waals surface area contributed by atoms with Crippen LogP contribution < -0.4 is 30.0 Å². The molecule has 154 valence electrons. The highest BCUT2D eigenvalue weighted by atomic mass is 16.5. The monoisotopic (exact) mass is 400 g/mol. The number of nitrogens with two attached hydrogens (primary N) is 1. The van der Waals surface area contributed by atoms with Crippen molar-refractivity contribution in [2.45, 2.75) is 6.92 Å². The summed E-state index contributed by atoms with van der Waals surface area (Å²) in [5.41, 5.74) is 6.47. The van der Waals surface area contributed by atoms with Crippen molar-refractivity contribution in [3.05, 3.63) is 47.5 Å². The molecule has 3 N–H and O–H groups in total. The summed E-state index contributed by atoms with van der Waals surface area (Å²) in [6, 6.07) is 8.20. The van der Waals surface area contributed by atoms with Crippen molar-refractivity contribution in [1.82, 2.24) is 0 Å². The van der Waals surface area contributed by atoms with Crippen LogP contribution in [0.4, 0.5) is 5.69 Å². The minimum atomic E-state index is -0.707. The molecule has 0 aliphatic rings. The van der Waals surface area contributed by atoms with Gasteiger partial charge < -0.3 is 30.0 Å². The quantitative estimate of drug-likeness (QED) is 0.627. The number of methoxy groups -OCH3 is 3. The van der Waals surface area contributed by atoms with Gasteiger partial charge in [-0.1, -0.05) is 6.07 Å². The summed E-state index contributed by atoms with van der Waals surface area (Å²) in [6.45, 7) is 2.40. The molecule has 0 aliphatic heterocycles. The molecule has 29 heavy (non-hydrogen) atoms. The maximum Gasteiger partial charge on any atom is 0.250 e. The average Bonchev–Trinajstić information content (AvgIpc) is 2.72. The van der Waals surface area contributed by atoms with Crippen LogP contribution in [0.15, 0.2) is 36.4 Å². The Bertz CT molecular complexity index is 924. The number of hydrogen-bond acceptors (Lipinski definition) is 6. The van der Waals surface area contributed by atoms with Gasteiger partial charge in [0.25, 0.3) is 5.91 Å². The van der Waals surface area contributed by atoms with E-state index in [2.05, 4.69) is 5.32 Å². The number of anilines is 1. The number of primary amides is 1. The average molecular weight is 400 g/mol. The Balaban J connectivity index is 2.23. The molecular weight excluding hydrogens is 376 g/mol. The van der Waals surface area contributed by atoms with E-state index < -0.39 is 11.8 Å². The van der Waals surface area contributed by atoms with Gasteiger partial charge in [-0.05, 0) is 36.8 Å². The maximum absolute atomic E-state index is 12.4. The first-order chi connectivity index (χ1) is 13.9. The van der Waals surface area contributed by atoms with Gasteiger partial charge in [0.1, 0.15) is 0 Å². The number of hydrogen-bond donors (Lipinski definition) is 2. The van der Waals surface area contributed by atoms with E-state index in [1.54, 1.807) is 31.4 Å². The van der Waals surface area contributed by atoms with Crippen molar-refractivity contribution < 1.29 is 28.5 Å². The highest BCUT2D eigenvalue weighted by Crippen LogP contribution is 2.33. The molecule has 2 rings (SSSR count). The predicted octanol–water partition coefficient (Wildman–Crippen LogP) is 2.86. The van der Waals surface area contributed by atoms with E-state index in [1.165, 1.54) is 32.4 Å². The fourth-order valence-corrected chi connectivity index (χ4v) is 2.60. The second-order valence-electron chi connectivity index (χ2n) is 5.78. The summed E-state index contributed by atoms with van der Waals surface area (Å²) in [5, 5.41) is 2.63. The first-order valence-electron chi connectivity index (χ1n) is 8.79. The summed E-state index contributed by atoms with van der Waals surface area (Å²) in [4.78, 5) is 24.1. The molecule has 0 unspecified atom stereocenters. The Morgan fingerprint density at radius 1 is 0.966 bits per heavy atom. The molecule has 2 aromatic carbocycles. The first kappa shape index (κ1) is 21.6. The summed E-state index contributed by atoms with van der Waals surface area (Å²) in [6.07, 6.45) is 2.94. The third kappa shape index (κ3) is 5.41. The van der Waals surface area contributed by atoms with Crippen LogP contribution in [0.25, 0.3) is 6.08 Å². The van der Waals surface area contributed by atoms with E-state index >= 15 is 0 Å². The molecule has 2 amide bonds. The molecule has 0 heterocycles. The summed E-state index contributed by atoms with van der Waals surface area (Å²) < 4.78 is 21.1. The smallest absolute Gasteiger partial charge is 0.250 e. The van der Waals surface area contributed by atoms with Gasteiger partial charge in [-0.2, -0.15) is 0 Å². The molecule has 8 nitrogen and oxygen atoms in total. The van der Waals surface area contributed by atoms with Crippen LogP contribution in [0.3, 0.4) is 0 Å².